The van der Waals surface area contributed by atoms with Crippen molar-refractivity contribution in [1.82, 2.24) is 0 Å². The minimum atomic E-state index is -0.378. The molecule has 0 aliphatic rings. The second kappa shape index (κ2) is 7.06. The number of aliphatic hydroxyl groups is 1. The molecule has 0 aromatic heterocycles. The van der Waals surface area contributed by atoms with Crippen molar-refractivity contribution in [3.05, 3.63) is 59.4 Å². The predicted molar refractivity (Wildman–Crippen MR) is 77.5 cm³/mol. The molecule has 2 nitrogen and oxygen atoms in total. The lowest BCUT2D eigenvalue weighted by Gasteiger charge is -2.10. The lowest BCUT2D eigenvalue weighted by molar-refractivity contribution is 0.276. The third-order valence-electron chi connectivity index (χ3n) is 3.16. The van der Waals surface area contributed by atoms with Gasteiger partial charge in [-0.3, -0.25) is 0 Å². The van der Waals surface area contributed by atoms with Crippen LogP contribution in [0.2, 0.25) is 0 Å². The van der Waals surface area contributed by atoms with Crippen LogP contribution in [-0.2, 0) is 13.0 Å². The van der Waals surface area contributed by atoms with E-state index in [9.17, 15) is 9.50 Å². The van der Waals surface area contributed by atoms with Gasteiger partial charge in [-0.15, -0.1) is 0 Å². The summed E-state index contributed by atoms with van der Waals surface area (Å²) in [7, 11) is 0. The van der Waals surface area contributed by atoms with E-state index in [4.69, 9.17) is 4.74 Å². The number of aryl methyl sites for hydroxylation is 1. The Hall–Kier alpha value is -1.87. The first-order valence-corrected chi connectivity index (χ1v) is 6.89. The molecule has 0 spiro atoms. The lowest BCUT2D eigenvalue weighted by Crippen LogP contribution is -1.93. The predicted octanol–water partition coefficient (Wildman–Crippen LogP) is 4.45. The number of rotatable bonds is 6. The van der Waals surface area contributed by atoms with Crippen molar-refractivity contribution >= 4 is 0 Å². The molecular formula is C17H19FO2. The van der Waals surface area contributed by atoms with Crippen LogP contribution in [0.15, 0.2) is 42.5 Å². The van der Waals surface area contributed by atoms with Crippen molar-refractivity contribution in [2.24, 2.45) is 0 Å². The highest BCUT2D eigenvalue weighted by molar-refractivity contribution is 5.38. The van der Waals surface area contributed by atoms with Crippen LogP contribution in [0.5, 0.6) is 11.5 Å². The van der Waals surface area contributed by atoms with Crippen molar-refractivity contribution in [1.29, 1.82) is 0 Å². The maximum atomic E-state index is 13.1. The molecule has 0 saturated heterocycles. The van der Waals surface area contributed by atoms with Crippen LogP contribution < -0.4 is 4.74 Å². The highest BCUT2D eigenvalue weighted by Gasteiger charge is 2.06. The van der Waals surface area contributed by atoms with Crippen LogP contribution >= 0.6 is 0 Å². The van der Waals surface area contributed by atoms with Gasteiger partial charge in [0.2, 0.25) is 0 Å². The van der Waals surface area contributed by atoms with E-state index in [-0.39, 0.29) is 12.4 Å². The summed E-state index contributed by atoms with van der Waals surface area (Å²) in [6.07, 6.45) is 3.41. The minimum Gasteiger partial charge on any atom is -0.457 e. The number of ether oxygens (including phenoxy) is 1. The highest BCUT2D eigenvalue weighted by atomic mass is 19.1. The fraction of sp³-hybridized carbons (Fsp3) is 0.294. The summed E-state index contributed by atoms with van der Waals surface area (Å²) in [5, 5.41) is 9.22. The zero-order valence-electron chi connectivity index (χ0n) is 11.6. The monoisotopic (exact) mass is 274 g/mol. The summed E-state index contributed by atoms with van der Waals surface area (Å²) in [6.45, 7) is 1.92. The van der Waals surface area contributed by atoms with E-state index in [1.165, 1.54) is 36.6 Å². The van der Waals surface area contributed by atoms with E-state index < -0.39 is 0 Å². The van der Waals surface area contributed by atoms with Gasteiger partial charge in [-0.2, -0.15) is 0 Å². The molecule has 0 aliphatic carbocycles. The molecule has 0 atom stereocenters. The Labute approximate surface area is 118 Å². The van der Waals surface area contributed by atoms with Crippen LogP contribution in [0.3, 0.4) is 0 Å². The number of halogens is 1. The smallest absolute Gasteiger partial charge is 0.133 e. The Morgan fingerprint density at radius 1 is 1.10 bits per heavy atom. The molecule has 106 valence electrons. The molecule has 2 aromatic carbocycles. The maximum absolute atomic E-state index is 13.1. The zero-order valence-corrected chi connectivity index (χ0v) is 11.6. The molecule has 0 amide bonds. The topological polar surface area (TPSA) is 29.5 Å². The van der Waals surface area contributed by atoms with Gasteiger partial charge in [-0.25, -0.2) is 4.39 Å². The first-order valence-electron chi connectivity index (χ1n) is 6.89. The van der Waals surface area contributed by atoms with E-state index in [0.29, 0.717) is 17.1 Å². The van der Waals surface area contributed by atoms with E-state index in [1.54, 1.807) is 0 Å². The quantitative estimate of drug-likeness (QED) is 0.843. The molecule has 0 heterocycles. The number of benzene rings is 2. The van der Waals surface area contributed by atoms with Crippen LogP contribution in [-0.4, -0.2) is 5.11 Å². The molecule has 3 heteroatoms. The standard InChI is InChI=1S/C17H19FO2/c1-2-3-4-13-5-8-16(9-6-13)20-17-10-7-15(18)11-14(17)12-19/h5-11,19H,2-4,12H2,1H3. The molecule has 0 fully saturated rings. The first-order chi connectivity index (χ1) is 9.72. The van der Waals surface area contributed by atoms with Gasteiger partial charge in [0.1, 0.15) is 17.3 Å². The van der Waals surface area contributed by atoms with E-state index in [1.807, 2.05) is 24.3 Å². The molecule has 2 aromatic rings. The molecule has 0 aliphatic heterocycles. The second-order valence-corrected chi connectivity index (χ2v) is 4.76. The fourth-order valence-corrected chi connectivity index (χ4v) is 2.00. The largest absolute Gasteiger partial charge is 0.457 e. The van der Waals surface area contributed by atoms with Crippen molar-refractivity contribution in [3.63, 3.8) is 0 Å². The normalized spacial score (nSPS) is 10.6. The highest BCUT2D eigenvalue weighted by Crippen LogP contribution is 2.26. The summed E-state index contributed by atoms with van der Waals surface area (Å²) >= 11 is 0. The van der Waals surface area contributed by atoms with Crippen LogP contribution in [0.1, 0.15) is 30.9 Å². The fourth-order valence-electron chi connectivity index (χ4n) is 2.00. The molecule has 0 unspecified atom stereocenters. The summed E-state index contributed by atoms with van der Waals surface area (Å²) in [5.74, 6) is 0.790. The van der Waals surface area contributed by atoms with Crippen molar-refractivity contribution in [2.75, 3.05) is 0 Å². The molecule has 0 bridgehead atoms. The van der Waals surface area contributed by atoms with Crippen molar-refractivity contribution in [3.8, 4) is 11.5 Å². The van der Waals surface area contributed by atoms with Gasteiger partial charge in [0.25, 0.3) is 0 Å². The SMILES string of the molecule is CCCCc1ccc(Oc2ccc(F)cc2CO)cc1. The van der Waals surface area contributed by atoms with Gasteiger partial charge in [0.05, 0.1) is 6.61 Å². The summed E-state index contributed by atoms with van der Waals surface area (Å²) in [5.41, 5.74) is 1.72. The second-order valence-electron chi connectivity index (χ2n) is 4.76. The van der Waals surface area contributed by atoms with E-state index in [2.05, 4.69) is 6.92 Å². The Bertz CT molecular complexity index is 549. The third kappa shape index (κ3) is 3.81. The van der Waals surface area contributed by atoms with Crippen LogP contribution in [0.4, 0.5) is 4.39 Å². The third-order valence-corrected chi connectivity index (χ3v) is 3.16. The Kier molecular flexibility index (Phi) is 5.13. The Morgan fingerprint density at radius 3 is 2.50 bits per heavy atom. The van der Waals surface area contributed by atoms with Crippen LogP contribution in [0, 0.1) is 5.82 Å². The maximum Gasteiger partial charge on any atom is 0.133 e. The average Bonchev–Trinajstić information content (AvgIpc) is 2.48. The molecule has 2 rings (SSSR count). The number of hydrogen-bond acceptors (Lipinski definition) is 2. The Morgan fingerprint density at radius 2 is 1.85 bits per heavy atom. The molecule has 0 radical (unpaired) electrons. The van der Waals surface area contributed by atoms with E-state index >= 15 is 0 Å². The van der Waals surface area contributed by atoms with Gasteiger partial charge in [-0.05, 0) is 48.7 Å². The number of hydrogen-bond donors (Lipinski definition) is 1. The molecule has 0 saturated carbocycles. The van der Waals surface area contributed by atoms with Gasteiger partial charge < -0.3 is 9.84 Å². The average molecular weight is 274 g/mol. The van der Waals surface area contributed by atoms with Gasteiger partial charge in [0.15, 0.2) is 0 Å². The minimum absolute atomic E-state index is 0.248. The number of aliphatic hydroxyl groups excluding tert-OH is 1. The van der Waals surface area contributed by atoms with Crippen LogP contribution in [0.25, 0.3) is 0 Å². The summed E-state index contributed by atoms with van der Waals surface area (Å²) in [4.78, 5) is 0. The van der Waals surface area contributed by atoms with E-state index in [0.717, 1.165) is 6.42 Å². The number of unbranched alkanes of at least 4 members (excludes halogenated alkanes) is 1. The summed E-state index contributed by atoms with van der Waals surface area (Å²) < 4.78 is 18.8. The molecule has 1 N–H and O–H groups in total. The lowest BCUT2D eigenvalue weighted by atomic mass is 10.1. The van der Waals surface area contributed by atoms with Gasteiger partial charge in [-0.1, -0.05) is 25.5 Å². The molecule has 20 heavy (non-hydrogen) atoms. The van der Waals surface area contributed by atoms with Crippen molar-refractivity contribution in [2.45, 2.75) is 32.8 Å². The zero-order chi connectivity index (χ0) is 14.4. The summed E-state index contributed by atoms with van der Waals surface area (Å²) in [6, 6.07) is 12.0. The first kappa shape index (κ1) is 14.5. The van der Waals surface area contributed by atoms with Gasteiger partial charge >= 0.3 is 0 Å². The molecular weight excluding hydrogens is 255 g/mol. The Balaban J connectivity index is 2.10. The van der Waals surface area contributed by atoms with Gasteiger partial charge in [0, 0.05) is 5.56 Å². The van der Waals surface area contributed by atoms with Crippen molar-refractivity contribution < 1.29 is 14.2 Å².